The number of pyridine rings is 1. The molecule has 0 aliphatic rings. The number of aromatic nitrogens is 1. The van der Waals surface area contributed by atoms with Gasteiger partial charge in [-0.3, -0.25) is 4.98 Å². The summed E-state index contributed by atoms with van der Waals surface area (Å²) in [6.07, 6.45) is 2.81. The van der Waals surface area contributed by atoms with E-state index in [1.54, 1.807) is 0 Å². The van der Waals surface area contributed by atoms with Crippen molar-refractivity contribution >= 4 is 0 Å². The molecule has 0 saturated carbocycles. The van der Waals surface area contributed by atoms with E-state index in [1.165, 1.54) is 0 Å². The second-order valence-electron chi connectivity index (χ2n) is 3.12. The lowest BCUT2D eigenvalue weighted by Gasteiger charge is -2.17. The Labute approximate surface area is 73.8 Å². The lowest BCUT2D eigenvalue weighted by Crippen LogP contribution is -2.26. The Kier molecular flexibility index (Phi) is 3.23. The van der Waals surface area contributed by atoms with Crippen molar-refractivity contribution in [3.63, 3.8) is 0 Å². The second kappa shape index (κ2) is 4.21. The molecule has 2 nitrogen and oxygen atoms in total. The molecule has 2 heteroatoms. The minimum absolute atomic E-state index is 0.222. The number of nitrogens with two attached hydrogens (primary N) is 1. The van der Waals surface area contributed by atoms with E-state index >= 15 is 0 Å². The summed E-state index contributed by atoms with van der Waals surface area (Å²) in [5.74, 6) is 0.358. The largest absolute Gasteiger partial charge is 0.327 e. The minimum atomic E-state index is 0.222. The highest BCUT2D eigenvalue weighted by Gasteiger charge is 2.12. The molecule has 0 amide bonds. The monoisotopic (exact) mass is 164 g/mol. The van der Waals surface area contributed by atoms with Crippen molar-refractivity contribution in [1.29, 1.82) is 0 Å². The summed E-state index contributed by atoms with van der Waals surface area (Å²) in [6, 6.07) is 6.18. The maximum atomic E-state index is 5.91. The van der Waals surface area contributed by atoms with Crippen molar-refractivity contribution < 1.29 is 0 Å². The number of rotatable bonds is 3. The van der Waals surface area contributed by atoms with Crippen LogP contribution in [0.3, 0.4) is 0 Å². The summed E-state index contributed by atoms with van der Waals surface area (Å²) in [5.41, 5.74) is 7.00. The molecular formula is C10H16N2. The second-order valence-corrected chi connectivity index (χ2v) is 3.12. The molecule has 1 aromatic rings. The van der Waals surface area contributed by atoms with Crippen molar-refractivity contribution in [3.05, 3.63) is 30.1 Å². The van der Waals surface area contributed by atoms with Gasteiger partial charge in [-0.15, -0.1) is 0 Å². The topological polar surface area (TPSA) is 38.9 Å². The highest BCUT2D eigenvalue weighted by molar-refractivity contribution is 5.10. The van der Waals surface area contributed by atoms with Gasteiger partial charge in [-0.05, 0) is 18.6 Å². The minimum Gasteiger partial charge on any atom is -0.327 e. The molecule has 0 aromatic carbocycles. The lowest BCUT2D eigenvalue weighted by atomic mass is 9.97. The average Bonchev–Trinajstić information content (AvgIpc) is 2.17. The summed E-state index contributed by atoms with van der Waals surface area (Å²) >= 11 is 0. The summed E-state index contributed by atoms with van der Waals surface area (Å²) in [5, 5.41) is 0. The van der Waals surface area contributed by atoms with Crippen LogP contribution < -0.4 is 5.73 Å². The SMILES string of the molecule is CCC(N)C(C)c1ccccn1. The maximum absolute atomic E-state index is 5.91. The normalized spacial score (nSPS) is 15.6. The van der Waals surface area contributed by atoms with Gasteiger partial charge in [-0.2, -0.15) is 0 Å². The van der Waals surface area contributed by atoms with Crippen LogP contribution in [-0.2, 0) is 0 Å². The fraction of sp³-hybridized carbons (Fsp3) is 0.500. The lowest BCUT2D eigenvalue weighted by molar-refractivity contribution is 0.541. The molecule has 0 aliphatic carbocycles. The summed E-state index contributed by atoms with van der Waals surface area (Å²) < 4.78 is 0. The third-order valence-electron chi connectivity index (χ3n) is 2.27. The van der Waals surface area contributed by atoms with Crippen LogP contribution in [0.1, 0.15) is 31.9 Å². The summed E-state index contributed by atoms with van der Waals surface area (Å²) in [6.45, 7) is 4.22. The van der Waals surface area contributed by atoms with Crippen molar-refractivity contribution in [2.45, 2.75) is 32.2 Å². The van der Waals surface area contributed by atoms with Crippen LogP contribution in [0.25, 0.3) is 0 Å². The molecule has 0 radical (unpaired) electrons. The summed E-state index contributed by atoms with van der Waals surface area (Å²) in [4.78, 5) is 4.27. The van der Waals surface area contributed by atoms with E-state index in [9.17, 15) is 0 Å². The summed E-state index contributed by atoms with van der Waals surface area (Å²) in [7, 11) is 0. The highest BCUT2D eigenvalue weighted by atomic mass is 14.7. The first kappa shape index (κ1) is 9.20. The zero-order valence-corrected chi connectivity index (χ0v) is 7.70. The predicted molar refractivity (Wildman–Crippen MR) is 50.9 cm³/mol. The Hall–Kier alpha value is -0.890. The molecule has 1 aromatic heterocycles. The van der Waals surface area contributed by atoms with Gasteiger partial charge in [-0.25, -0.2) is 0 Å². The van der Waals surface area contributed by atoms with Gasteiger partial charge in [0.05, 0.1) is 0 Å². The zero-order valence-electron chi connectivity index (χ0n) is 7.70. The maximum Gasteiger partial charge on any atom is 0.0447 e. The fourth-order valence-electron chi connectivity index (χ4n) is 1.22. The van der Waals surface area contributed by atoms with Crippen molar-refractivity contribution in [2.24, 2.45) is 5.73 Å². The Morgan fingerprint density at radius 1 is 1.50 bits per heavy atom. The first-order valence-corrected chi connectivity index (χ1v) is 4.42. The van der Waals surface area contributed by atoms with E-state index in [0.717, 1.165) is 12.1 Å². The van der Waals surface area contributed by atoms with E-state index in [4.69, 9.17) is 5.73 Å². The van der Waals surface area contributed by atoms with Crippen LogP contribution >= 0.6 is 0 Å². The third kappa shape index (κ3) is 2.05. The number of nitrogens with zero attached hydrogens (tertiary/aromatic N) is 1. The molecule has 1 heterocycles. The van der Waals surface area contributed by atoms with Crippen LogP contribution in [0.4, 0.5) is 0 Å². The fourth-order valence-corrected chi connectivity index (χ4v) is 1.22. The number of hydrogen-bond donors (Lipinski definition) is 1. The molecule has 1 rings (SSSR count). The van der Waals surface area contributed by atoms with Crippen LogP contribution in [0.5, 0.6) is 0 Å². The molecule has 0 saturated heterocycles. The molecular weight excluding hydrogens is 148 g/mol. The molecule has 0 aliphatic heterocycles. The van der Waals surface area contributed by atoms with E-state index < -0.39 is 0 Å². The molecule has 12 heavy (non-hydrogen) atoms. The zero-order chi connectivity index (χ0) is 8.97. The Bertz CT molecular complexity index is 221. The van der Waals surface area contributed by atoms with E-state index in [1.807, 2.05) is 24.4 Å². The predicted octanol–water partition coefficient (Wildman–Crippen LogP) is 1.92. The average molecular weight is 164 g/mol. The van der Waals surface area contributed by atoms with Crippen LogP contribution in [0, 0.1) is 0 Å². The molecule has 2 N–H and O–H groups in total. The quantitative estimate of drug-likeness (QED) is 0.741. The van der Waals surface area contributed by atoms with E-state index in [0.29, 0.717) is 5.92 Å². The molecule has 0 bridgehead atoms. The van der Waals surface area contributed by atoms with Gasteiger partial charge < -0.3 is 5.73 Å². The van der Waals surface area contributed by atoms with E-state index in [-0.39, 0.29) is 6.04 Å². The van der Waals surface area contributed by atoms with Crippen LogP contribution in [0.15, 0.2) is 24.4 Å². The van der Waals surface area contributed by atoms with Crippen molar-refractivity contribution in [1.82, 2.24) is 4.98 Å². The van der Waals surface area contributed by atoms with Crippen molar-refractivity contribution in [2.75, 3.05) is 0 Å². The first-order chi connectivity index (χ1) is 5.75. The van der Waals surface area contributed by atoms with Crippen molar-refractivity contribution in [3.8, 4) is 0 Å². The van der Waals surface area contributed by atoms with Gasteiger partial charge >= 0.3 is 0 Å². The molecule has 2 atom stereocenters. The number of hydrogen-bond acceptors (Lipinski definition) is 2. The van der Waals surface area contributed by atoms with Crippen LogP contribution in [-0.4, -0.2) is 11.0 Å². The highest BCUT2D eigenvalue weighted by Crippen LogP contribution is 2.16. The smallest absolute Gasteiger partial charge is 0.0447 e. The molecule has 66 valence electrons. The Morgan fingerprint density at radius 2 is 2.25 bits per heavy atom. The third-order valence-corrected chi connectivity index (χ3v) is 2.27. The Balaban J connectivity index is 2.71. The van der Waals surface area contributed by atoms with Gasteiger partial charge in [-0.1, -0.05) is 19.9 Å². The van der Waals surface area contributed by atoms with E-state index in [2.05, 4.69) is 18.8 Å². The van der Waals surface area contributed by atoms with Gasteiger partial charge in [0.2, 0.25) is 0 Å². The van der Waals surface area contributed by atoms with Gasteiger partial charge in [0.15, 0.2) is 0 Å². The standard InChI is InChI=1S/C10H16N2/c1-3-9(11)8(2)10-6-4-5-7-12-10/h4-9H,3,11H2,1-2H3. The van der Waals surface area contributed by atoms with Crippen LogP contribution in [0.2, 0.25) is 0 Å². The first-order valence-electron chi connectivity index (χ1n) is 4.42. The van der Waals surface area contributed by atoms with Gasteiger partial charge in [0, 0.05) is 23.9 Å². The molecule has 2 unspecified atom stereocenters. The molecule has 0 fully saturated rings. The van der Waals surface area contributed by atoms with Gasteiger partial charge in [0.25, 0.3) is 0 Å². The van der Waals surface area contributed by atoms with Gasteiger partial charge in [0.1, 0.15) is 0 Å². The molecule has 0 spiro atoms. The Morgan fingerprint density at radius 3 is 2.75 bits per heavy atom.